The maximum atomic E-state index is 12.3. The van der Waals surface area contributed by atoms with E-state index in [0.717, 1.165) is 0 Å². The minimum atomic E-state index is -1.41. The summed E-state index contributed by atoms with van der Waals surface area (Å²) >= 11 is 0. The van der Waals surface area contributed by atoms with Crippen LogP contribution in [-0.4, -0.2) is 58.8 Å². The van der Waals surface area contributed by atoms with Gasteiger partial charge in [0, 0.05) is 19.4 Å². The van der Waals surface area contributed by atoms with Crippen LogP contribution >= 0.6 is 0 Å². The van der Waals surface area contributed by atoms with Gasteiger partial charge in [-0.25, -0.2) is 9.59 Å². The highest BCUT2D eigenvalue weighted by Crippen LogP contribution is 2.40. The molecule has 21 heavy (non-hydrogen) atoms. The average molecular weight is 301 g/mol. The molecule has 120 valence electrons. The van der Waals surface area contributed by atoms with Gasteiger partial charge < -0.3 is 19.3 Å². The maximum absolute atomic E-state index is 12.3. The molecule has 0 aromatic carbocycles. The molecule has 2 rings (SSSR count). The molecule has 0 aliphatic carbocycles. The summed E-state index contributed by atoms with van der Waals surface area (Å²) in [4.78, 5) is 25.3. The zero-order chi connectivity index (χ0) is 15.9. The highest BCUT2D eigenvalue weighted by molar-refractivity contribution is 5.84. The Labute approximate surface area is 124 Å². The number of ether oxygens (including phenoxy) is 3. The van der Waals surface area contributed by atoms with E-state index in [1.165, 1.54) is 11.8 Å². The second-order valence-electron chi connectivity index (χ2n) is 6.75. The number of amides is 1. The molecule has 2 fully saturated rings. The fraction of sp³-hybridized carbons (Fsp3) is 0.857. The van der Waals surface area contributed by atoms with Crippen LogP contribution in [0.2, 0.25) is 0 Å². The van der Waals surface area contributed by atoms with Gasteiger partial charge in [-0.05, 0) is 27.7 Å². The third kappa shape index (κ3) is 3.13. The highest BCUT2D eigenvalue weighted by Gasteiger charge is 2.56. The van der Waals surface area contributed by atoms with Crippen LogP contribution in [-0.2, 0) is 19.0 Å². The summed E-state index contributed by atoms with van der Waals surface area (Å²) in [6.45, 7) is 7.86. The maximum Gasteiger partial charge on any atom is 0.411 e. The number of likely N-dealkylation sites (tertiary alicyclic amines) is 1. The predicted octanol–water partition coefficient (Wildman–Crippen LogP) is 1.60. The number of carbonyl (C=O) groups is 2. The highest BCUT2D eigenvalue weighted by atomic mass is 16.7. The standard InChI is InChI=1S/C14H23NO6/c1-12(2,3)21-11(18)15-6-5-14(19-7-8-20-14)9-13(15,4)10(16)17/h5-9H2,1-4H3,(H,16,17)/t13-/m1/s1. The van der Waals surface area contributed by atoms with Gasteiger partial charge in [0.05, 0.1) is 13.2 Å². The molecule has 2 aliphatic heterocycles. The molecule has 1 spiro atoms. The monoisotopic (exact) mass is 301 g/mol. The Balaban J connectivity index is 2.22. The van der Waals surface area contributed by atoms with E-state index in [9.17, 15) is 14.7 Å². The molecule has 0 bridgehead atoms. The van der Waals surface area contributed by atoms with E-state index in [1.54, 1.807) is 20.8 Å². The lowest BCUT2D eigenvalue weighted by Gasteiger charge is -2.47. The third-order valence-corrected chi connectivity index (χ3v) is 3.81. The fourth-order valence-corrected chi connectivity index (χ4v) is 2.78. The van der Waals surface area contributed by atoms with Crippen molar-refractivity contribution in [2.75, 3.05) is 19.8 Å². The van der Waals surface area contributed by atoms with Gasteiger partial charge in [0.25, 0.3) is 0 Å². The van der Waals surface area contributed by atoms with Crippen LogP contribution < -0.4 is 0 Å². The molecule has 0 radical (unpaired) electrons. The van der Waals surface area contributed by atoms with Crippen molar-refractivity contribution >= 4 is 12.1 Å². The molecule has 2 heterocycles. The Morgan fingerprint density at radius 1 is 1.24 bits per heavy atom. The number of nitrogens with zero attached hydrogens (tertiary/aromatic N) is 1. The van der Waals surface area contributed by atoms with Crippen LogP contribution in [0.3, 0.4) is 0 Å². The smallest absolute Gasteiger partial charge is 0.411 e. The summed E-state index contributed by atoms with van der Waals surface area (Å²) < 4.78 is 16.5. The lowest BCUT2D eigenvalue weighted by atomic mass is 9.84. The van der Waals surface area contributed by atoms with Crippen LogP contribution in [0.4, 0.5) is 4.79 Å². The number of rotatable bonds is 1. The molecule has 0 saturated carbocycles. The Bertz CT molecular complexity index is 437. The van der Waals surface area contributed by atoms with Crippen LogP contribution in [0.5, 0.6) is 0 Å². The normalized spacial score (nSPS) is 28.7. The molecule has 7 heteroatoms. The van der Waals surface area contributed by atoms with E-state index in [-0.39, 0.29) is 13.0 Å². The van der Waals surface area contributed by atoms with Gasteiger partial charge in [0.15, 0.2) is 5.79 Å². The topological polar surface area (TPSA) is 85.3 Å². The largest absolute Gasteiger partial charge is 0.480 e. The molecule has 1 amide bonds. The molecule has 7 nitrogen and oxygen atoms in total. The van der Waals surface area contributed by atoms with Crippen molar-refractivity contribution in [1.29, 1.82) is 0 Å². The van der Waals surface area contributed by atoms with Crippen molar-refractivity contribution in [1.82, 2.24) is 4.90 Å². The average Bonchev–Trinajstić information content (AvgIpc) is 2.74. The molecule has 0 unspecified atom stereocenters. The Morgan fingerprint density at radius 3 is 2.29 bits per heavy atom. The fourth-order valence-electron chi connectivity index (χ4n) is 2.78. The van der Waals surface area contributed by atoms with Crippen molar-refractivity contribution in [3.63, 3.8) is 0 Å². The minimum Gasteiger partial charge on any atom is -0.480 e. The second kappa shape index (κ2) is 5.14. The van der Waals surface area contributed by atoms with Gasteiger partial charge in [-0.15, -0.1) is 0 Å². The van der Waals surface area contributed by atoms with Crippen LogP contribution in [0, 0.1) is 0 Å². The molecule has 2 aliphatic rings. The van der Waals surface area contributed by atoms with E-state index in [1.807, 2.05) is 0 Å². The first-order valence-corrected chi connectivity index (χ1v) is 7.10. The molecule has 2 saturated heterocycles. The number of aliphatic carboxylic acids is 1. The second-order valence-corrected chi connectivity index (χ2v) is 6.75. The Morgan fingerprint density at radius 2 is 1.81 bits per heavy atom. The molecular weight excluding hydrogens is 278 g/mol. The van der Waals surface area contributed by atoms with Crippen molar-refractivity contribution in [3.05, 3.63) is 0 Å². The first-order chi connectivity index (χ1) is 9.58. The number of carboxylic acid groups (broad SMARTS) is 1. The van der Waals surface area contributed by atoms with Crippen molar-refractivity contribution < 1.29 is 28.9 Å². The van der Waals surface area contributed by atoms with Gasteiger partial charge in [-0.1, -0.05) is 0 Å². The number of carboxylic acids is 1. The van der Waals surface area contributed by atoms with Gasteiger partial charge in [-0.3, -0.25) is 4.90 Å². The predicted molar refractivity (Wildman–Crippen MR) is 72.8 cm³/mol. The molecule has 0 aromatic rings. The lowest BCUT2D eigenvalue weighted by Crippen LogP contribution is -2.64. The molecule has 1 N–H and O–H groups in total. The van der Waals surface area contributed by atoms with E-state index < -0.39 is 29.0 Å². The lowest BCUT2D eigenvalue weighted by molar-refractivity contribution is -0.214. The number of piperidine rings is 1. The van der Waals surface area contributed by atoms with Gasteiger partial charge in [0.1, 0.15) is 11.1 Å². The molecular formula is C14H23NO6. The Kier molecular flexibility index (Phi) is 3.92. The van der Waals surface area contributed by atoms with Crippen LogP contribution in [0.1, 0.15) is 40.5 Å². The van der Waals surface area contributed by atoms with E-state index >= 15 is 0 Å². The van der Waals surface area contributed by atoms with Gasteiger partial charge in [-0.2, -0.15) is 0 Å². The summed E-state index contributed by atoms with van der Waals surface area (Å²) in [5.74, 6) is -1.99. The summed E-state index contributed by atoms with van der Waals surface area (Å²) in [6.07, 6.45) is -0.0933. The summed E-state index contributed by atoms with van der Waals surface area (Å²) in [5.41, 5.74) is -2.09. The minimum absolute atomic E-state index is 0.0918. The quantitative estimate of drug-likeness (QED) is 0.792. The van der Waals surface area contributed by atoms with Crippen LogP contribution in [0.25, 0.3) is 0 Å². The summed E-state index contributed by atoms with van der Waals surface area (Å²) in [6, 6.07) is 0. The molecule has 1 atom stereocenters. The number of hydrogen-bond acceptors (Lipinski definition) is 5. The van der Waals surface area contributed by atoms with Gasteiger partial charge in [0.2, 0.25) is 0 Å². The van der Waals surface area contributed by atoms with E-state index in [4.69, 9.17) is 14.2 Å². The van der Waals surface area contributed by atoms with Crippen molar-refractivity contribution in [2.24, 2.45) is 0 Å². The molecule has 0 aromatic heterocycles. The van der Waals surface area contributed by atoms with E-state index in [2.05, 4.69) is 0 Å². The van der Waals surface area contributed by atoms with E-state index in [0.29, 0.717) is 19.6 Å². The number of carbonyl (C=O) groups excluding carboxylic acids is 1. The Hall–Kier alpha value is -1.34. The van der Waals surface area contributed by atoms with Crippen molar-refractivity contribution in [2.45, 2.75) is 57.5 Å². The zero-order valence-corrected chi connectivity index (χ0v) is 13.0. The summed E-state index contributed by atoms with van der Waals surface area (Å²) in [7, 11) is 0. The van der Waals surface area contributed by atoms with Gasteiger partial charge >= 0.3 is 12.1 Å². The zero-order valence-electron chi connectivity index (χ0n) is 13.0. The summed E-state index contributed by atoms with van der Waals surface area (Å²) in [5, 5.41) is 9.60. The van der Waals surface area contributed by atoms with Crippen molar-refractivity contribution in [3.8, 4) is 0 Å². The van der Waals surface area contributed by atoms with Crippen LogP contribution in [0.15, 0.2) is 0 Å². The SMILES string of the molecule is CC(C)(C)OC(=O)N1CCC2(C[C@]1(C)C(=O)O)OCCO2. The third-order valence-electron chi connectivity index (χ3n) is 3.81. The first kappa shape index (κ1) is 16.0. The first-order valence-electron chi connectivity index (χ1n) is 7.10. The number of hydrogen-bond donors (Lipinski definition) is 1.